The Morgan fingerprint density at radius 3 is 2.73 bits per heavy atom. The molecule has 6 nitrogen and oxygen atoms in total. The zero-order valence-electron chi connectivity index (χ0n) is 14.7. The van der Waals surface area contributed by atoms with Gasteiger partial charge in [-0.3, -0.25) is 9.59 Å². The van der Waals surface area contributed by atoms with Gasteiger partial charge in [0.05, 0.1) is 6.61 Å². The lowest BCUT2D eigenvalue weighted by molar-refractivity contribution is -0.147. The maximum absolute atomic E-state index is 12.4. The van der Waals surface area contributed by atoms with E-state index in [1.54, 1.807) is 26.0 Å². The monoisotopic (exact) mass is 353 g/mol. The van der Waals surface area contributed by atoms with Crippen LogP contribution in [-0.4, -0.2) is 30.6 Å². The van der Waals surface area contributed by atoms with Gasteiger partial charge in [-0.15, -0.1) is 0 Å². The average Bonchev–Trinajstić information content (AvgIpc) is 3.02. The first-order valence-corrected chi connectivity index (χ1v) is 8.42. The van der Waals surface area contributed by atoms with Crippen molar-refractivity contribution in [2.24, 2.45) is 0 Å². The van der Waals surface area contributed by atoms with Gasteiger partial charge in [0, 0.05) is 5.56 Å². The van der Waals surface area contributed by atoms with Gasteiger partial charge in [-0.05, 0) is 42.1 Å². The number of hydrogen-bond donors (Lipinski definition) is 2. The van der Waals surface area contributed by atoms with E-state index in [4.69, 9.17) is 9.39 Å². The Morgan fingerprint density at radius 2 is 2.00 bits per heavy atom. The van der Waals surface area contributed by atoms with Gasteiger partial charge in [-0.25, -0.2) is 0 Å². The summed E-state index contributed by atoms with van der Waals surface area (Å²) in [5, 5.41) is 12.4. The van der Waals surface area contributed by atoms with Crippen LogP contribution in [0.3, 0.4) is 0 Å². The Bertz CT molecular complexity index is 824. The molecule has 134 valence electrons. The van der Waals surface area contributed by atoms with Crippen LogP contribution in [0.15, 0.2) is 42.5 Å². The summed E-state index contributed by atoms with van der Waals surface area (Å²) in [6.07, 6.45) is -0.394. The van der Waals surface area contributed by atoms with Gasteiger partial charge in [0.1, 0.15) is 12.6 Å². The van der Waals surface area contributed by atoms with Crippen LogP contribution in [0.4, 0.5) is 0 Å². The quantitative estimate of drug-likeness (QED) is 0.624. The molecule has 2 aromatic rings. The van der Waals surface area contributed by atoms with Crippen LogP contribution in [0.5, 0.6) is 0 Å². The highest BCUT2D eigenvalue weighted by atomic mass is 16.5. The molecule has 7 heteroatoms. The second-order valence-corrected chi connectivity index (χ2v) is 6.20. The number of carbonyl (C=O) groups is 2. The third-order valence-corrected chi connectivity index (χ3v) is 4.46. The summed E-state index contributed by atoms with van der Waals surface area (Å²) in [6, 6.07) is 12.8. The van der Waals surface area contributed by atoms with Crippen molar-refractivity contribution in [3.8, 4) is 0 Å². The molecule has 1 heterocycles. The normalized spacial score (nSPS) is 13.9. The third kappa shape index (κ3) is 3.79. The molecule has 0 spiro atoms. The third-order valence-electron chi connectivity index (χ3n) is 4.46. The van der Waals surface area contributed by atoms with Crippen LogP contribution >= 0.6 is 0 Å². The van der Waals surface area contributed by atoms with Gasteiger partial charge in [0.25, 0.3) is 5.91 Å². The maximum atomic E-state index is 12.4. The van der Waals surface area contributed by atoms with E-state index < -0.39 is 25.1 Å². The summed E-state index contributed by atoms with van der Waals surface area (Å²) in [5.74, 6) is -0.911. The molecule has 26 heavy (non-hydrogen) atoms. The number of rotatable bonds is 5. The topological polar surface area (TPSA) is 84.9 Å². The number of nitrogens with one attached hydrogen (secondary N) is 1. The van der Waals surface area contributed by atoms with Crippen LogP contribution in [0, 0.1) is 6.92 Å². The Kier molecular flexibility index (Phi) is 5.39. The van der Waals surface area contributed by atoms with Crippen molar-refractivity contribution in [3.05, 3.63) is 64.7 Å². The van der Waals surface area contributed by atoms with E-state index in [2.05, 4.69) is 5.32 Å². The second-order valence-electron chi connectivity index (χ2n) is 6.20. The first-order chi connectivity index (χ1) is 12.5. The van der Waals surface area contributed by atoms with Crippen LogP contribution < -0.4 is 10.8 Å². The molecule has 0 radical (unpaired) electrons. The van der Waals surface area contributed by atoms with E-state index in [-0.39, 0.29) is 6.54 Å². The van der Waals surface area contributed by atoms with Crippen molar-refractivity contribution in [1.29, 1.82) is 0 Å². The standard InChI is InChI=1S/C19H20BNO5/c1-12-16(9-8-15-11-25-20(24)18(12)15)19(23)21-10-17(22)26-13(2)14-6-4-3-5-7-14/h3-9,13,24H,10-11H2,1-2H3,(H,21,23). The summed E-state index contributed by atoms with van der Waals surface area (Å²) in [4.78, 5) is 24.4. The average molecular weight is 353 g/mol. The Hall–Kier alpha value is -2.64. The predicted octanol–water partition coefficient (Wildman–Crippen LogP) is 1.25. The first kappa shape index (κ1) is 18.2. The van der Waals surface area contributed by atoms with Gasteiger partial charge < -0.3 is 19.7 Å². The number of esters is 1. The Labute approximate surface area is 152 Å². The molecule has 0 saturated heterocycles. The molecule has 2 aromatic carbocycles. The lowest BCUT2D eigenvalue weighted by atomic mass is 9.75. The second kappa shape index (κ2) is 7.72. The first-order valence-electron chi connectivity index (χ1n) is 8.42. The van der Waals surface area contributed by atoms with Gasteiger partial charge in [0.2, 0.25) is 0 Å². The van der Waals surface area contributed by atoms with Crippen LogP contribution in [0.1, 0.15) is 40.1 Å². The molecule has 0 bridgehead atoms. The van der Waals surface area contributed by atoms with Gasteiger partial charge >= 0.3 is 13.1 Å². The Morgan fingerprint density at radius 1 is 1.27 bits per heavy atom. The van der Waals surface area contributed by atoms with E-state index in [9.17, 15) is 14.6 Å². The minimum absolute atomic E-state index is 0.231. The molecule has 2 N–H and O–H groups in total. The van der Waals surface area contributed by atoms with Crippen molar-refractivity contribution >= 4 is 24.5 Å². The predicted molar refractivity (Wildman–Crippen MR) is 96.9 cm³/mol. The SMILES string of the molecule is Cc1c(C(=O)NCC(=O)OC(C)c2ccccc2)ccc2c1B(O)OC2. The van der Waals surface area contributed by atoms with Crippen molar-refractivity contribution in [2.45, 2.75) is 26.6 Å². The largest absolute Gasteiger partial charge is 0.492 e. The molecule has 3 rings (SSSR count). The number of carbonyl (C=O) groups excluding carboxylic acids is 2. The highest BCUT2D eigenvalue weighted by Crippen LogP contribution is 2.17. The maximum Gasteiger partial charge on any atom is 0.492 e. The Balaban J connectivity index is 1.59. The fraction of sp³-hybridized carbons (Fsp3) is 0.263. The lowest BCUT2D eigenvalue weighted by Crippen LogP contribution is -2.35. The van der Waals surface area contributed by atoms with E-state index in [0.717, 1.165) is 11.1 Å². The van der Waals surface area contributed by atoms with Crippen molar-refractivity contribution < 1.29 is 24.0 Å². The fourth-order valence-electron chi connectivity index (χ4n) is 3.03. The van der Waals surface area contributed by atoms with Gasteiger partial charge in [-0.2, -0.15) is 0 Å². The van der Waals surface area contributed by atoms with Crippen molar-refractivity contribution in [1.82, 2.24) is 5.32 Å². The highest BCUT2D eigenvalue weighted by molar-refractivity contribution is 6.62. The zero-order valence-corrected chi connectivity index (χ0v) is 14.7. The molecule has 1 aliphatic rings. The van der Waals surface area contributed by atoms with Crippen LogP contribution in [0.2, 0.25) is 0 Å². The molecule has 1 unspecified atom stereocenters. The molecule has 1 aliphatic heterocycles. The van der Waals surface area contributed by atoms with E-state index >= 15 is 0 Å². The summed E-state index contributed by atoms with van der Waals surface area (Å²) >= 11 is 0. The summed E-state index contributed by atoms with van der Waals surface area (Å²) in [5.41, 5.74) is 3.42. The summed E-state index contributed by atoms with van der Waals surface area (Å²) in [7, 11) is -1.02. The van der Waals surface area contributed by atoms with E-state index in [1.807, 2.05) is 30.3 Å². The van der Waals surface area contributed by atoms with Gasteiger partial charge in [0.15, 0.2) is 0 Å². The lowest BCUT2D eigenvalue weighted by Gasteiger charge is -2.14. The van der Waals surface area contributed by atoms with E-state index in [0.29, 0.717) is 23.2 Å². The summed E-state index contributed by atoms with van der Waals surface area (Å²) < 4.78 is 10.5. The molecule has 0 aliphatic carbocycles. The summed E-state index contributed by atoms with van der Waals surface area (Å²) in [6.45, 7) is 3.62. The number of hydrogen-bond acceptors (Lipinski definition) is 5. The smallest absolute Gasteiger partial charge is 0.456 e. The minimum Gasteiger partial charge on any atom is -0.456 e. The molecular weight excluding hydrogens is 333 g/mol. The highest BCUT2D eigenvalue weighted by Gasteiger charge is 2.31. The van der Waals surface area contributed by atoms with Crippen molar-refractivity contribution in [3.63, 3.8) is 0 Å². The van der Waals surface area contributed by atoms with Crippen molar-refractivity contribution in [2.75, 3.05) is 6.54 Å². The van der Waals surface area contributed by atoms with Crippen LogP contribution in [0.25, 0.3) is 0 Å². The zero-order chi connectivity index (χ0) is 18.7. The van der Waals surface area contributed by atoms with Crippen LogP contribution in [-0.2, 0) is 20.8 Å². The number of fused-ring (bicyclic) bond motifs is 1. The molecule has 1 amide bonds. The number of ether oxygens (including phenoxy) is 1. The minimum atomic E-state index is -1.02. The number of benzene rings is 2. The molecule has 0 aromatic heterocycles. The van der Waals surface area contributed by atoms with Gasteiger partial charge in [-0.1, -0.05) is 36.4 Å². The van der Waals surface area contributed by atoms with E-state index in [1.165, 1.54) is 0 Å². The number of amides is 1. The fourth-order valence-corrected chi connectivity index (χ4v) is 3.03. The molecule has 1 atom stereocenters. The molecule has 0 fully saturated rings. The molecular formula is C19H20BNO5. The molecule has 0 saturated carbocycles.